The monoisotopic (exact) mass is 461 g/mol. The van der Waals surface area contributed by atoms with Crippen molar-refractivity contribution in [3.05, 3.63) is 29.8 Å². The first-order chi connectivity index (χ1) is 16.5. The minimum atomic E-state index is -0.722. The van der Waals surface area contributed by atoms with E-state index < -0.39 is 6.04 Å². The number of nitrogens with two attached hydrogens (primary N) is 1. The Bertz CT molecular complexity index is 1160. The first-order valence-electron chi connectivity index (χ1n) is 11.8. The highest BCUT2D eigenvalue weighted by Crippen LogP contribution is 2.48. The van der Waals surface area contributed by atoms with Gasteiger partial charge in [-0.15, -0.1) is 5.10 Å². The van der Waals surface area contributed by atoms with Crippen LogP contribution in [0.15, 0.2) is 24.3 Å². The second-order valence-corrected chi connectivity index (χ2v) is 9.95. The molecule has 1 aromatic heterocycles. The van der Waals surface area contributed by atoms with Crippen molar-refractivity contribution < 1.29 is 9.59 Å². The number of nitrogens with zero attached hydrogens (tertiary/aromatic N) is 7. The third-order valence-corrected chi connectivity index (χ3v) is 7.98. The number of carbonyl (C=O) groups excluding carboxylic acids is 2. The van der Waals surface area contributed by atoms with Crippen molar-refractivity contribution in [1.82, 2.24) is 35.3 Å². The van der Waals surface area contributed by atoms with Crippen molar-refractivity contribution in [1.29, 1.82) is 5.26 Å². The molecule has 2 bridgehead atoms. The summed E-state index contributed by atoms with van der Waals surface area (Å²) in [5.74, 6) is 0.963. The van der Waals surface area contributed by atoms with Crippen LogP contribution in [-0.4, -0.2) is 90.4 Å². The van der Waals surface area contributed by atoms with Crippen molar-refractivity contribution in [2.24, 2.45) is 11.7 Å². The summed E-state index contributed by atoms with van der Waals surface area (Å²) in [7, 11) is 0. The number of nitriles is 1. The number of rotatable bonds is 6. The molecule has 1 aliphatic carbocycles. The number of hydrogen-bond acceptors (Lipinski definition) is 8. The quantitative estimate of drug-likeness (QED) is 0.613. The number of carbonyl (C=O) groups is 2. The predicted octanol–water partition coefficient (Wildman–Crippen LogP) is 0.0531. The minimum absolute atomic E-state index is 0.0773. The molecule has 11 nitrogen and oxygen atoms in total. The Labute approximate surface area is 196 Å². The van der Waals surface area contributed by atoms with E-state index in [1.807, 2.05) is 36.1 Å². The van der Waals surface area contributed by atoms with Gasteiger partial charge < -0.3 is 15.5 Å². The van der Waals surface area contributed by atoms with Gasteiger partial charge in [-0.1, -0.05) is 18.2 Å². The molecule has 4 aliphatic rings. The summed E-state index contributed by atoms with van der Waals surface area (Å²) in [6, 6.07) is 8.96. The van der Waals surface area contributed by atoms with E-state index in [0.29, 0.717) is 24.8 Å². The molecule has 1 aromatic carbocycles. The van der Waals surface area contributed by atoms with Crippen molar-refractivity contribution in [2.45, 2.75) is 62.4 Å². The van der Waals surface area contributed by atoms with E-state index in [9.17, 15) is 14.9 Å². The van der Waals surface area contributed by atoms with Gasteiger partial charge in [0.05, 0.1) is 24.2 Å². The summed E-state index contributed by atoms with van der Waals surface area (Å²) in [6.07, 6.45) is 2.48. The van der Waals surface area contributed by atoms with E-state index in [0.717, 1.165) is 30.4 Å². The fourth-order valence-corrected chi connectivity index (χ4v) is 6.20. The van der Waals surface area contributed by atoms with Gasteiger partial charge in [-0.3, -0.25) is 14.5 Å². The maximum atomic E-state index is 13.3. The molecule has 4 fully saturated rings. The molecule has 4 heterocycles. The van der Waals surface area contributed by atoms with Crippen LogP contribution in [0.4, 0.5) is 0 Å². The van der Waals surface area contributed by atoms with Gasteiger partial charge in [-0.25, -0.2) is 5.10 Å². The molecule has 0 radical (unpaired) electrons. The molecule has 3 unspecified atom stereocenters. The Balaban J connectivity index is 1.12. The number of piperidine rings is 1. The van der Waals surface area contributed by atoms with Gasteiger partial charge in [0.1, 0.15) is 6.04 Å². The Hall–Kier alpha value is -3.36. The van der Waals surface area contributed by atoms with E-state index in [1.54, 1.807) is 4.90 Å². The van der Waals surface area contributed by atoms with Crippen molar-refractivity contribution in [3.8, 4) is 17.5 Å². The maximum Gasteiger partial charge on any atom is 0.242 e. The van der Waals surface area contributed by atoms with Crippen LogP contribution in [0.2, 0.25) is 0 Å². The van der Waals surface area contributed by atoms with Crippen LogP contribution in [0.5, 0.6) is 0 Å². The predicted molar refractivity (Wildman–Crippen MR) is 119 cm³/mol. The average molecular weight is 462 g/mol. The van der Waals surface area contributed by atoms with Crippen LogP contribution >= 0.6 is 0 Å². The Morgan fingerprint density at radius 2 is 2.21 bits per heavy atom. The number of benzene rings is 1. The maximum absolute atomic E-state index is 13.3. The molecular weight excluding hydrogens is 434 g/mol. The number of tetrazole rings is 1. The van der Waals surface area contributed by atoms with Crippen LogP contribution in [0, 0.1) is 17.2 Å². The normalized spacial score (nSPS) is 31.4. The number of piperazine rings is 1. The number of aromatic amines is 1. The lowest BCUT2D eigenvalue weighted by Gasteiger charge is -2.38. The van der Waals surface area contributed by atoms with Crippen molar-refractivity contribution in [3.63, 3.8) is 0 Å². The van der Waals surface area contributed by atoms with Gasteiger partial charge >= 0.3 is 0 Å². The zero-order valence-electron chi connectivity index (χ0n) is 18.9. The highest BCUT2D eigenvalue weighted by Gasteiger charge is 2.56. The molecule has 7 atom stereocenters. The number of nitrogens with one attached hydrogen (secondary N) is 1. The van der Waals surface area contributed by atoms with Gasteiger partial charge in [0.25, 0.3) is 0 Å². The molecule has 34 heavy (non-hydrogen) atoms. The SMILES string of the molecule is CC(c1cccc(-c2nnn[nH]2)c1)N1C(=O)[C@@H]2C[C@H]1CN2CC(N)C(=O)N1C(C#N)C[C@@H]2C[C@@H]21. The van der Waals surface area contributed by atoms with E-state index in [1.165, 1.54) is 0 Å². The van der Waals surface area contributed by atoms with Gasteiger partial charge in [0.2, 0.25) is 11.8 Å². The second-order valence-electron chi connectivity index (χ2n) is 9.95. The van der Waals surface area contributed by atoms with Gasteiger partial charge in [0, 0.05) is 30.7 Å². The van der Waals surface area contributed by atoms with Crippen LogP contribution in [-0.2, 0) is 9.59 Å². The van der Waals surface area contributed by atoms with Crippen LogP contribution in [0.1, 0.15) is 37.8 Å². The zero-order chi connectivity index (χ0) is 23.6. The number of aromatic nitrogens is 4. The average Bonchev–Trinajstić information content (AvgIpc) is 3.28. The fraction of sp³-hybridized carbons (Fsp3) is 0.565. The van der Waals surface area contributed by atoms with Gasteiger partial charge in [-0.05, 0) is 54.2 Å². The summed E-state index contributed by atoms with van der Waals surface area (Å²) in [5, 5.41) is 23.4. The fourth-order valence-electron chi connectivity index (χ4n) is 6.20. The zero-order valence-corrected chi connectivity index (χ0v) is 18.9. The highest BCUT2D eigenvalue weighted by molar-refractivity contribution is 5.87. The Morgan fingerprint density at radius 3 is 2.94 bits per heavy atom. The molecule has 1 saturated carbocycles. The minimum Gasteiger partial charge on any atom is -0.330 e. The van der Waals surface area contributed by atoms with Crippen LogP contribution in [0.25, 0.3) is 11.4 Å². The number of amides is 2. The lowest BCUT2D eigenvalue weighted by molar-refractivity contribution is -0.141. The molecule has 3 aliphatic heterocycles. The highest BCUT2D eigenvalue weighted by atomic mass is 16.2. The summed E-state index contributed by atoms with van der Waals surface area (Å²) < 4.78 is 0. The Morgan fingerprint density at radius 1 is 1.35 bits per heavy atom. The summed E-state index contributed by atoms with van der Waals surface area (Å²) in [6.45, 7) is 3.08. The van der Waals surface area contributed by atoms with Crippen LogP contribution < -0.4 is 5.73 Å². The topological polar surface area (TPSA) is 148 Å². The van der Waals surface area contributed by atoms with Gasteiger partial charge in [-0.2, -0.15) is 5.26 Å². The number of fused-ring (bicyclic) bond motifs is 3. The summed E-state index contributed by atoms with van der Waals surface area (Å²) >= 11 is 0. The molecule has 2 aromatic rings. The summed E-state index contributed by atoms with van der Waals surface area (Å²) in [5.41, 5.74) is 8.20. The Kier molecular flexibility index (Phi) is 4.89. The lowest BCUT2D eigenvalue weighted by atomic mass is 10.0. The number of likely N-dealkylation sites (tertiary alicyclic amines) is 3. The standard InChI is InChI=1S/C23H27N9O2/c1-12(13-3-2-4-14(5-13)21-26-28-29-27-21)31-17-8-20(23(31)34)30(10-17)11-18(25)22(33)32-16(9-24)6-15-7-19(15)32/h2-5,12,15-20H,6-8,10-11,25H2,1H3,(H,26,27,28,29)/t12?,15-,16?,17+,18?,19+,20+/m1/s1. The molecule has 6 rings (SSSR count). The first kappa shape index (κ1) is 21.2. The molecular formula is C23H27N9O2. The van der Waals surface area contributed by atoms with Crippen molar-refractivity contribution >= 4 is 11.8 Å². The van der Waals surface area contributed by atoms with Gasteiger partial charge in [0.15, 0.2) is 5.82 Å². The summed E-state index contributed by atoms with van der Waals surface area (Å²) in [4.78, 5) is 32.1. The van der Waals surface area contributed by atoms with Crippen molar-refractivity contribution in [2.75, 3.05) is 13.1 Å². The van der Waals surface area contributed by atoms with E-state index in [-0.39, 0.29) is 42.0 Å². The second kappa shape index (κ2) is 7.85. The number of H-pyrrole nitrogens is 1. The first-order valence-corrected chi connectivity index (χ1v) is 11.8. The molecule has 3 N–H and O–H groups in total. The van der Waals surface area contributed by atoms with E-state index in [2.05, 4.69) is 31.6 Å². The largest absolute Gasteiger partial charge is 0.330 e. The molecule has 11 heteroatoms. The van der Waals surface area contributed by atoms with E-state index >= 15 is 0 Å². The molecule has 2 amide bonds. The molecule has 0 spiro atoms. The molecule has 3 saturated heterocycles. The third kappa shape index (κ3) is 3.28. The third-order valence-electron chi connectivity index (χ3n) is 7.98. The smallest absolute Gasteiger partial charge is 0.242 e. The van der Waals surface area contributed by atoms with Crippen LogP contribution in [0.3, 0.4) is 0 Å². The van der Waals surface area contributed by atoms with E-state index in [4.69, 9.17) is 5.73 Å². The molecule has 176 valence electrons. The lowest BCUT2D eigenvalue weighted by Crippen LogP contribution is -2.57. The number of hydrogen-bond donors (Lipinski definition) is 2.